The van der Waals surface area contributed by atoms with Crippen LogP contribution in [0.4, 0.5) is 28.2 Å². The van der Waals surface area contributed by atoms with Crippen molar-refractivity contribution in [3.05, 3.63) is 11.3 Å². The summed E-state index contributed by atoms with van der Waals surface area (Å²) in [5.41, 5.74) is 1.11. The van der Waals surface area contributed by atoms with Crippen LogP contribution in [-0.4, -0.2) is 34.2 Å². The van der Waals surface area contributed by atoms with Gasteiger partial charge in [-0.05, 0) is 19.8 Å². The van der Waals surface area contributed by atoms with E-state index in [0.29, 0.717) is 24.1 Å². The van der Waals surface area contributed by atoms with Crippen molar-refractivity contribution in [2.75, 3.05) is 5.32 Å². The van der Waals surface area contributed by atoms with Crippen LogP contribution in [-0.2, 0) is 4.74 Å². The molecule has 5 nitrogen and oxygen atoms in total. The average molecular weight is 349 g/mol. The first kappa shape index (κ1) is 17.0. The lowest BCUT2D eigenvalue weighted by Gasteiger charge is -2.34. The molecular weight excluding hydrogens is 330 g/mol. The number of hydrogen-bond donors (Lipinski definition) is 2. The first-order valence-corrected chi connectivity index (χ1v) is 7.93. The molecule has 0 bridgehead atoms. The van der Waals surface area contributed by atoms with Crippen molar-refractivity contribution in [1.82, 2.24) is 10.2 Å². The molecule has 1 atom stereocenters. The second-order valence-electron chi connectivity index (χ2n) is 6.68. The second kappa shape index (κ2) is 5.93. The topological polar surface area (TPSA) is 67.0 Å². The molecule has 0 aromatic carbocycles. The Morgan fingerprint density at radius 2 is 1.96 bits per heavy atom. The highest BCUT2D eigenvalue weighted by Crippen LogP contribution is 2.49. The summed E-state index contributed by atoms with van der Waals surface area (Å²) in [5, 5.41) is 8.95. The van der Waals surface area contributed by atoms with E-state index in [-0.39, 0.29) is 31.0 Å². The van der Waals surface area contributed by atoms with Gasteiger partial charge in [0.25, 0.3) is 5.92 Å². The van der Waals surface area contributed by atoms with Crippen molar-refractivity contribution in [2.45, 2.75) is 69.3 Å². The minimum absolute atomic E-state index is 0.174. The van der Waals surface area contributed by atoms with Crippen LogP contribution in [0.2, 0.25) is 0 Å². The fourth-order valence-electron chi connectivity index (χ4n) is 3.30. The number of aromatic amines is 1. The molecule has 0 aliphatic heterocycles. The molecule has 1 amide bonds. The Bertz CT molecular complexity index is 624. The smallest absolute Gasteiger partial charge is 0.413 e. The lowest BCUT2D eigenvalue weighted by atomic mass is 9.78. The number of carbonyl (C=O) groups is 1. The molecule has 2 aliphatic rings. The first-order valence-electron chi connectivity index (χ1n) is 7.93. The van der Waals surface area contributed by atoms with Crippen LogP contribution in [0.3, 0.4) is 0 Å². The molecule has 0 spiro atoms. The molecule has 2 N–H and O–H groups in total. The zero-order chi connectivity index (χ0) is 17.5. The number of rotatable bonds is 3. The Kier molecular flexibility index (Phi) is 4.21. The third-order valence-corrected chi connectivity index (χ3v) is 4.63. The number of anilines is 1. The minimum atomic E-state index is -2.81. The molecule has 2 aliphatic carbocycles. The fourth-order valence-corrected chi connectivity index (χ4v) is 3.30. The number of H-pyrrole nitrogens is 1. The van der Waals surface area contributed by atoms with E-state index in [1.54, 1.807) is 6.92 Å². The number of nitrogens with zero attached hydrogens (tertiary/aromatic N) is 1. The highest BCUT2D eigenvalue weighted by Gasteiger charge is 2.47. The molecule has 1 heterocycles. The third kappa shape index (κ3) is 3.64. The van der Waals surface area contributed by atoms with Gasteiger partial charge in [-0.2, -0.15) is 5.10 Å². The van der Waals surface area contributed by atoms with Crippen LogP contribution < -0.4 is 5.32 Å². The van der Waals surface area contributed by atoms with E-state index in [2.05, 4.69) is 15.5 Å². The zero-order valence-electron chi connectivity index (χ0n) is 13.2. The maximum absolute atomic E-state index is 13.3. The van der Waals surface area contributed by atoms with Gasteiger partial charge in [0.15, 0.2) is 5.82 Å². The van der Waals surface area contributed by atoms with Crippen molar-refractivity contribution in [3.8, 4) is 0 Å². The third-order valence-electron chi connectivity index (χ3n) is 4.63. The molecule has 1 unspecified atom stereocenters. The van der Waals surface area contributed by atoms with Crippen molar-refractivity contribution in [3.63, 3.8) is 0 Å². The Morgan fingerprint density at radius 1 is 1.25 bits per heavy atom. The maximum atomic E-state index is 13.3. The van der Waals surface area contributed by atoms with Crippen molar-refractivity contribution < 1.29 is 27.1 Å². The number of halogens is 4. The quantitative estimate of drug-likeness (QED) is 0.797. The molecule has 3 rings (SSSR count). The van der Waals surface area contributed by atoms with Crippen molar-refractivity contribution >= 4 is 11.9 Å². The SMILES string of the molecule is Cc1c(NC(=O)OC2CCCC(F)(F)C2)n[nH]c1C1CC(F)(F)C1. The normalized spacial score (nSPS) is 25.8. The average Bonchev–Trinajstić information content (AvgIpc) is 2.76. The summed E-state index contributed by atoms with van der Waals surface area (Å²) in [6, 6.07) is 0. The van der Waals surface area contributed by atoms with Crippen LogP contribution in [0.5, 0.6) is 0 Å². The second-order valence-corrected chi connectivity index (χ2v) is 6.68. The summed E-state index contributed by atoms with van der Waals surface area (Å²) in [4.78, 5) is 11.9. The Balaban J connectivity index is 1.56. The largest absolute Gasteiger partial charge is 0.446 e. The molecule has 1 aromatic rings. The lowest BCUT2D eigenvalue weighted by molar-refractivity contribution is -0.0877. The van der Waals surface area contributed by atoms with Gasteiger partial charge in [-0.1, -0.05) is 0 Å². The van der Waals surface area contributed by atoms with Crippen molar-refractivity contribution in [2.24, 2.45) is 0 Å². The maximum Gasteiger partial charge on any atom is 0.413 e. The Labute approximate surface area is 136 Å². The summed E-state index contributed by atoms with van der Waals surface area (Å²) < 4.78 is 57.6. The van der Waals surface area contributed by atoms with Gasteiger partial charge in [0.1, 0.15) is 6.10 Å². The van der Waals surface area contributed by atoms with Gasteiger partial charge in [0.2, 0.25) is 5.92 Å². The predicted molar refractivity (Wildman–Crippen MR) is 77.6 cm³/mol. The Morgan fingerprint density at radius 3 is 2.58 bits per heavy atom. The van der Waals surface area contributed by atoms with Gasteiger partial charge < -0.3 is 4.74 Å². The van der Waals surface area contributed by atoms with Crippen molar-refractivity contribution in [1.29, 1.82) is 0 Å². The lowest BCUT2D eigenvalue weighted by Crippen LogP contribution is -2.34. The van der Waals surface area contributed by atoms with Gasteiger partial charge in [-0.15, -0.1) is 0 Å². The molecule has 134 valence electrons. The number of hydrogen-bond acceptors (Lipinski definition) is 3. The van der Waals surface area contributed by atoms with Gasteiger partial charge in [0.05, 0.1) is 0 Å². The van der Waals surface area contributed by atoms with Crippen LogP contribution >= 0.6 is 0 Å². The molecule has 1 aromatic heterocycles. The van der Waals surface area contributed by atoms with E-state index >= 15 is 0 Å². The molecule has 2 saturated carbocycles. The van der Waals surface area contributed by atoms with Gasteiger partial charge in [0, 0.05) is 42.9 Å². The molecule has 24 heavy (non-hydrogen) atoms. The van der Waals surface area contributed by atoms with Crippen LogP contribution in [0, 0.1) is 6.92 Å². The standard InChI is InChI=1S/C15H19F4N3O2/c1-8-11(9-5-15(18,19)6-9)21-22-12(8)20-13(23)24-10-3-2-4-14(16,17)7-10/h9-10H,2-7H2,1H3,(H2,20,21,22,23). The molecule has 0 radical (unpaired) electrons. The van der Waals surface area contributed by atoms with Crippen LogP contribution in [0.15, 0.2) is 0 Å². The van der Waals surface area contributed by atoms with Crippen LogP contribution in [0.1, 0.15) is 55.7 Å². The van der Waals surface area contributed by atoms with E-state index in [9.17, 15) is 22.4 Å². The first-order chi connectivity index (χ1) is 11.2. The van der Waals surface area contributed by atoms with Gasteiger partial charge in [-0.25, -0.2) is 22.4 Å². The molecular formula is C15H19F4N3O2. The summed E-state index contributed by atoms with van der Waals surface area (Å²) in [6.45, 7) is 1.65. The van der Waals surface area contributed by atoms with E-state index < -0.39 is 30.5 Å². The van der Waals surface area contributed by atoms with Crippen LogP contribution in [0.25, 0.3) is 0 Å². The molecule has 0 saturated heterocycles. The summed E-state index contributed by atoms with van der Waals surface area (Å²) in [5.74, 6) is -5.61. The molecule has 2 fully saturated rings. The number of alkyl halides is 4. The van der Waals surface area contributed by atoms with E-state index in [4.69, 9.17) is 4.74 Å². The minimum Gasteiger partial charge on any atom is -0.446 e. The van der Waals surface area contributed by atoms with E-state index in [1.165, 1.54) is 0 Å². The number of carbonyl (C=O) groups excluding carboxylic acids is 1. The van der Waals surface area contributed by atoms with E-state index in [0.717, 1.165) is 0 Å². The Hall–Kier alpha value is -1.80. The van der Waals surface area contributed by atoms with Gasteiger partial charge >= 0.3 is 6.09 Å². The number of amides is 1. The van der Waals surface area contributed by atoms with Gasteiger partial charge in [-0.3, -0.25) is 10.4 Å². The summed E-state index contributed by atoms with van der Waals surface area (Å²) in [6.07, 6.45) is -2.19. The number of nitrogens with one attached hydrogen (secondary N) is 2. The zero-order valence-corrected chi connectivity index (χ0v) is 13.2. The number of ether oxygens (including phenoxy) is 1. The highest BCUT2D eigenvalue weighted by molar-refractivity contribution is 5.84. The highest BCUT2D eigenvalue weighted by atomic mass is 19.3. The predicted octanol–water partition coefficient (Wildman–Crippen LogP) is 4.36. The summed E-state index contributed by atoms with van der Waals surface area (Å²) >= 11 is 0. The summed E-state index contributed by atoms with van der Waals surface area (Å²) in [7, 11) is 0. The monoisotopic (exact) mass is 349 g/mol. The molecule has 9 heteroatoms. The van der Waals surface area contributed by atoms with E-state index in [1.807, 2.05) is 0 Å². The fraction of sp³-hybridized carbons (Fsp3) is 0.733. The number of aromatic nitrogens is 2.